The van der Waals surface area contributed by atoms with Gasteiger partial charge in [0.2, 0.25) is 0 Å². The van der Waals surface area contributed by atoms with E-state index in [2.05, 4.69) is 0 Å². The van der Waals surface area contributed by atoms with Crippen LogP contribution in [0, 0.1) is 13.8 Å². The zero-order valence-electron chi connectivity index (χ0n) is 7.26. The van der Waals surface area contributed by atoms with Crippen LogP contribution in [0.3, 0.4) is 0 Å². The zero-order chi connectivity index (χ0) is 8.72. The third-order valence-corrected chi connectivity index (χ3v) is 2.01. The molecule has 1 amide bonds. The largest absolute Gasteiger partial charge is 0.466 e. The van der Waals surface area contributed by atoms with Crippen molar-refractivity contribution in [1.29, 1.82) is 0 Å². The Labute approximate surface area is 71.0 Å². The number of hydrogen-bond acceptors (Lipinski definition) is 2. The monoisotopic (exact) mass is 165 g/mol. The van der Waals surface area contributed by atoms with Gasteiger partial charge in [-0.3, -0.25) is 4.79 Å². The van der Waals surface area contributed by atoms with Crippen LogP contribution in [0.2, 0.25) is 0 Å². The van der Waals surface area contributed by atoms with Crippen LogP contribution in [-0.4, -0.2) is 23.9 Å². The standard InChI is InChI=1S/C9H11NO2/c1-6-5-8(7(2)12-6)9(11)10-3-4-10/h5H,3-4H2,1-2H3. The Morgan fingerprint density at radius 2 is 2.17 bits per heavy atom. The second-order valence-corrected chi connectivity index (χ2v) is 3.12. The van der Waals surface area contributed by atoms with E-state index in [1.54, 1.807) is 11.0 Å². The summed E-state index contributed by atoms with van der Waals surface area (Å²) in [4.78, 5) is 13.3. The third kappa shape index (κ3) is 1.11. The van der Waals surface area contributed by atoms with Crippen LogP contribution < -0.4 is 0 Å². The maximum Gasteiger partial charge on any atom is 0.257 e. The quantitative estimate of drug-likeness (QED) is 0.588. The van der Waals surface area contributed by atoms with E-state index in [-0.39, 0.29) is 5.91 Å². The normalized spacial score (nSPS) is 15.0. The SMILES string of the molecule is Cc1cc(C(=O)N2CC2)c(C)o1. The zero-order valence-corrected chi connectivity index (χ0v) is 7.26. The van der Waals surface area contributed by atoms with Gasteiger partial charge in [-0.25, -0.2) is 0 Å². The minimum Gasteiger partial charge on any atom is -0.466 e. The lowest BCUT2D eigenvalue weighted by molar-refractivity contribution is 0.0884. The predicted molar refractivity (Wildman–Crippen MR) is 44.1 cm³/mol. The van der Waals surface area contributed by atoms with Gasteiger partial charge in [-0.05, 0) is 19.9 Å². The molecule has 3 heteroatoms. The summed E-state index contributed by atoms with van der Waals surface area (Å²) in [6.45, 7) is 5.46. The van der Waals surface area contributed by atoms with Crippen LogP contribution in [0.15, 0.2) is 10.5 Å². The molecule has 1 aliphatic heterocycles. The van der Waals surface area contributed by atoms with Crippen LogP contribution in [0.25, 0.3) is 0 Å². The number of carbonyl (C=O) groups excluding carboxylic acids is 1. The Bertz CT molecular complexity index is 323. The van der Waals surface area contributed by atoms with E-state index in [1.165, 1.54) is 0 Å². The molecular formula is C9H11NO2. The van der Waals surface area contributed by atoms with Crippen molar-refractivity contribution in [3.63, 3.8) is 0 Å². The van der Waals surface area contributed by atoms with Gasteiger partial charge in [0.25, 0.3) is 5.91 Å². The van der Waals surface area contributed by atoms with Gasteiger partial charge in [-0.1, -0.05) is 0 Å². The molecule has 64 valence electrons. The van der Waals surface area contributed by atoms with Gasteiger partial charge < -0.3 is 9.32 Å². The van der Waals surface area contributed by atoms with Crippen molar-refractivity contribution >= 4 is 5.91 Å². The molecule has 0 aliphatic carbocycles. The highest BCUT2D eigenvalue weighted by Gasteiger charge is 2.27. The Kier molecular flexibility index (Phi) is 1.46. The lowest BCUT2D eigenvalue weighted by Gasteiger charge is -1.97. The van der Waals surface area contributed by atoms with E-state index in [0.29, 0.717) is 5.56 Å². The molecule has 0 bridgehead atoms. The number of nitrogens with zero attached hydrogens (tertiary/aromatic N) is 1. The fraction of sp³-hybridized carbons (Fsp3) is 0.444. The molecule has 0 atom stereocenters. The molecule has 0 saturated carbocycles. The maximum atomic E-state index is 11.5. The summed E-state index contributed by atoms with van der Waals surface area (Å²) in [7, 11) is 0. The first-order valence-corrected chi connectivity index (χ1v) is 4.05. The Balaban J connectivity index is 2.31. The lowest BCUT2D eigenvalue weighted by atomic mass is 10.2. The summed E-state index contributed by atoms with van der Waals surface area (Å²) in [5.41, 5.74) is 0.713. The van der Waals surface area contributed by atoms with Crippen molar-refractivity contribution in [3.8, 4) is 0 Å². The molecule has 3 nitrogen and oxygen atoms in total. The molecule has 1 aliphatic rings. The average molecular weight is 165 g/mol. The van der Waals surface area contributed by atoms with Crippen molar-refractivity contribution in [1.82, 2.24) is 4.90 Å². The van der Waals surface area contributed by atoms with Crippen LogP contribution >= 0.6 is 0 Å². The molecule has 12 heavy (non-hydrogen) atoms. The first-order chi connectivity index (χ1) is 5.68. The van der Waals surface area contributed by atoms with Crippen molar-refractivity contribution in [3.05, 3.63) is 23.2 Å². The topological polar surface area (TPSA) is 33.2 Å². The summed E-state index contributed by atoms with van der Waals surface area (Å²) in [5.74, 6) is 1.63. The van der Waals surface area contributed by atoms with Gasteiger partial charge in [0.15, 0.2) is 0 Å². The second-order valence-electron chi connectivity index (χ2n) is 3.12. The molecule has 1 saturated heterocycles. The van der Waals surface area contributed by atoms with Gasteiger partial charge in [0, 0.05) is 13.1 Å². The highest BCUT2D eigenvalue weighted by atomic mass is 16.3. The van der Waals surface area contributed by atoms with E-state index in [4.69, 9.17) is 4.42 Å². The average Bonchev–Trinajstić information content (AvgIpc) is 2.77. The van der Waals surface area contributed by atoms with E-state index in [1.807, 2.05) is 13.8 Å². The molecule has 0 N–H and O–H groups in total. The van der Waals surface area contributed by atoms with Crippen LogP contribution in [0.5, 0.6) is 0 Å². The highest BCUT2D eigenvalue weighted by molar-refractivity contribution is 5.96. The number of rotatable bonds is 1. The second kappa shape index (κ2) is 2.37. The molecule has 2 heterocycles. The van der Waals surface area contributed by atoms with Gasteiger partial charge >= 0.3 is 0 Å². The Morgan fingerprint density at radius 1 is 1.50 bits per heavy atom. The van der Waals surface area contributed by atoms with Gasteiger partial charge in [-0.15, -0.1) is 0 Å². The smallest absolute Gasteiger partial charge is 0.257 e. The summed E-state index contributed by atoms with van der Waals surface area (Å²) >= 11 is 0. The number of amides is 1. The number of aryl methyl sites for hydroxylation is 2. The third-order valence-electron chi connectivity index (χ3n) is 2.01. The maximum absolute atomic E-state index is 11.5. The first-order valence-electron chi connectivity index (χ1n) is 4.05. The molecule has 2 rings (SSSR count). The molecular weight excluding hydrogens is 154 g/mol. The molecule has 1 aromatic rings. The van der Waals surface area contributed by atoms with Gasteiger partial charge in [0.1, 0.15) is 11.5 Å². The Morgan fingerprint density at radius 3 is 2.58 bits per heavy atom. The van der Waals surface area contributed by atoms with E-state index in [9.17, 15) is 4.79 Å². The van der Waals surface area contributed by atoms with Crippen molar-refractivity contribution < 1.29 is 9.21 Å². The molecule has 1 fully saturated rings. The van der Waals surface area contributed by atoms with Crippen LogP contribution in [0.4, 0.5) is 0 Å². The highest BCUT2D eigenvalue weighted by Crippen LogP contribution is 2.18. The lowest BCUT2D eigenvalue weighted by Crippen LogP contribution is -2.10. The van der Waals surface area contributed by atoms with Crippen molar-refractivity contribution in [2.45, 2.75) is 13.8 Å². The molecule has 0 unspecified atom stereocenters. The molecule has 0 spiro atoms. The molecule has 0 aromatic carbocycles. The summed E-state index contributed by atoms with van der Waals surface area (Å²) in [6, 6.07) is 1.80. The molecule has 1 aromatic heterocycles. The molecule has 0 radical (unpaired) electrons. The summed E-state index contributed by atoms with van der Waals surface area (Å²) < 4.78 is 5.27. The minimum absolute atomic E-state index is 0.101. The summed E-state index contributed by atoms with van der Waals surface area (Å²) in [6.07, 6.45) is 0. The Hall–Kier alpha value is -1.25. The number of carbonyl (C=O) groups is 1. The van der Waals surface area contributed by atoms with E-state index < -0.39 is 0 Å². The van der Waals surface area contributed by atoms with Crippen LogP contribution in [-0.2, 0) is 0 Å². The van der Waals surface area contributed by atoms with Crippen LogP contribution in [0.1, 0.15) is 21.9 Å². The van der Waals surface area contributed by atoms with Gasteiger partial charge in [0.05, 0.1) is 5.56 Å². The van der Waals surface area contributed by atoms with E-state index >= 15 is 0 Å². The van der Waals surface area contributed by atoms with Crippen molar-refractivity contribution in [2.75, 3.05) is 13.1 Å². The predicted octanol–water partition coefficient (Wildman–Crippen LogP) is 1.35. The number of furan rings is 1. The van der Waals surface area contributed by atoms with Crippen molar-refractivity contribution in [2.24, 2.45) is 0 Å². The number of hydrogen-bond donors (Lipinski definition) is 0. The fourth-order valence-corrected chi connectivity index (χ4v) is 1.27. The van der Waals surface area contributed by atoms with E-state index in [0.717, 1.165) is 24.6 Å². The minimum atomic E-state index is 0.101. The first kappa shape index (κ1) is 7.40. The van der Waals surface area contributed by atoms with Gasteiger partial charge in [-0.2, -0.15) is 0 Å². The summed E-state index contributed by atoms with van der Waals surface area (Å²) in [5, 5.41) is 0. The fourth-order valence-electron chi connectivity index (χ4n) is 1.27.